The van der Waals surface area contributed by atoms with Gasteiger partial charge in [-0.25, -0.2) is 13.2 Å². The van der Waals surface area contributed by atoms with E-state index in [1.807, 2.05) is 26.0 Å². The van der Waals surface area contributed by atoms with Gasteiger partial charge < -0.3 is 0 Å². The molecule has 0 nitrogen and oxygen atoms in total. The maximum atomic E-state index is 13.0. The molecule has 0 atom stereocenters. The number of halogens is 3. The lowest BCUT2D eigenvalue weighted by Crippen LogP contribution is -2.00. The van der Waals surface area contributed by atoms with Gasteiger partial charge in [-0.2, -0.15) is 0 Å². The summed E-state index contributed by atoms with van der Waals surface area (Å²) in [5.41, 5.74) is 1.02. The lowest BCUT2D eigenvalue weighted by atomic mass is 10.0. The lowest BCUT2D eigenvalue weighted by molar-refractivity contribution is 0.525. The fourth-order valence-corrected chi connectivity index (χ4v) is 2.24. The second-order valence-corrected chi connectivity index (χ2v) is 6.49. The zero-order valence-electron chi connectivity index (χ0n) is 14.2. The molecule has 3 heteroatoms. The van der Waals surface area contributed by atoms with Gasteiger partial charge in [0.15, 0.2) is 0 Å². The molecule has 23 heavy (non-hydrogen) atoms. The molecule has 0 spiro atoms. The highest BCUT2D eigenvalue weighted by Crippen LogP contribution is 2.16. The first-order valence-corrected chi connectivity index (χ1v) is 7.97. The van der Waals surface area contributed by atoms with E-state index < -0.39 is 11.6 Å². The molecular weight excluding hydrogens is 297 g/mol. The van der Waals surface area contributed by atoms with E-state index in [1.54, 1.807) is 6.07 Å². The first-order chi connectivity index (χ1) is 10.8. The van der Waals surface area contributed by atoms with Gasteiger partial charge in [-0.3, -0.25) is 0 Å². The van der Waals surface area contributed by atoms with Crippen LogP contribution in [0.2, 0.25) is 0 Å². The molecular formula is C20H25F3. The average molecular weight is 322 g/mol. The predicted octanol–water partition coefficient (Wildman–Crippen LogP) is 6.19. The van der Waals surface area contributed by atoms with Crippen LogP contribution in [0, 0.1) is 29.3 Å². The summed E-state index contributed by atoms with van der Waals surface area (Å²) in [5, 5.41) is 0. The zero-order chi connectivity index (χ0) is 17.4. The van der Waals surface area contributed by atoms with Gasteiger partial charge in [0, 0.05) is 5.56 Å². The number of hydrogen-bond donors (Lipinski definition) is 0. The first kappa shape index (κ1) is 19.3. The Bertz CT molecular complexity index is 583. The predicted molar refractivity (Wildman–Crippen MR) is 89.8 cm³/mol. The average Bonchev–Trinajstić information content (AvgIpc) is 2.46. The van der Waals surface area contributed by atoms with Crippen LogP contribution in [0.15, 0.2) is 42.5 Å². The van der Waals surface area contributed by atoms with E-state index in [4.69, 9.17) is 0 Å². The molecule has 0 aliphatic heterocycles. The maximum Gasteiger partial charge on any atom is 0.129 e. The van der Waals surface area contributed by atoms with Crippen LogP contribution in [0.5, 0.6) is 0 Å². The maximum absolute atomic E-state index is 13.0. The van der Waals surface area contributed by atoms with E-state index in [9.17, 15) is 13.2 Å². The Kier molecular flexibility index (Phi) is 7.87. The second-order valence-electron chi connectivity index (χ2n) is 6.49. The van der Waals surface area contributed by atoms with Crippen LogP contribution in [-0.4, -0.2) is 0 Å². The van der Waals surface area contributed by atoms with E-state index in [1.165, 1.54) is 24.3 Å². The van der Waals surface area contributed by atoms with E-state index in [0.29, 0.717) is 12.3 Å². The standard InChI is InChI=1S/C10H12F2.C10H13F/c1-7(2)6-8-9(11)4-3-5-10(8)12;1-8(2)7-9-5-3-4-6-10(9)11/h3-5,7H,6H2,1-2H3;3-6,8H,7H2,1-2H3. The van der Waals surface area contributed by atoms with Crippen molar-refractivity contribution < 1.29 is 13.2 Å². The van der Waals surface area contributed by atoms with E-state index in [-0.39, 0.29) is 17.3 Å². The zero-order valence-corrected chi connectivity index (χ0v) is 14.2. The first-order valence-electron chi connectivity index (χ1n) is 7.97. The molecule has 126 valence electrons. The third-order valence-electron chi connectivity index (χ3n) is 3.26. The van der Waals surface area contributed by atoms with Gasteiger partial charge in [0.2, 0.25) is 0 Å². The van der Waals surface area contributed by atoms with Crippen molar-refractivity contribution in [1.29, 1.82) is 0 Å². The number of hydrogen-bond acceptors (Lipinski definition) is 0. The molecule has 0 aliphatic rings. The minimum Gasteiger partial charge on any atom is -0.207 e. The summed E-state index contributed by atoms with van der Waals surface area (Å²) in [6.45, 7) is 8.05. The van der Waals surface area contributed by atoms with Crippen molar-refractivity contribution in [3.63, 3.8) is 0 Å². The normalized spacial score (nSPS) is 10.7. The van der Waals surface area contributed by atoms with Crippen LogP contribution in [-0.2, 0) is 12.8 Å². The Hall–Kier alpha value is -1.77. The molecule has 0 saturated heterocycles. The summed E-state index contributed by atoms with van der Waals surface area (Å²) in [6.07, 6.45) is 1.28. The molecule has 2 rings (SSSR count). The Balaban J connectivity index is 0.000000231. The third-order valence-corrected chi connectivity index (χ3v) is 3.26. The molecule has 0 aromatic heterocycles. The third kappa shape index (κ3) is 6.89. The SMILES string of the molecule is CC(C)Cc1c(F)cccc1F.CC(C)Cc1ccccc1F. The summed E-state index contributed by atoms with van der Waals surface area (Å²) in [6, 6.07) is 10.9. The highest BCUT2D eigenvalue weighted by molar-refractivity contribution is 5.20. The van der Waals surface area contributed by atoms with Gasteiger partial charge in [0.25, 0.3) is 0 Å². The van der Waals surface area contributed by atoms with Crippen molar-refractivity contribution in [3.05, 3.63) is 71.0 Å². The minimum atomic E-state index is -0.441. The smallest absolute Gasteiger partial charge is 0.129 e. The monoisotopic (exact) mass is 322 g/mol. The van der Waals surface area contributed by atoms with Crippen molar-refractivity contribution in [2.45, 2.75) is 40.5 Å². The van der Waals surface area contributed by atoms with Crippen LogP contribution in [0.25, 0.3) is 0 Å². The largest absolute Gasteiger partial charge is 0.207 e. The Morgan fingerprint density at radius 3 is 1.61 bits per heavy atom. The van der Waals surface area contributed by atoms with E-state index >= 15 is 0 Å². The summed E-state index contributed by atoms with van der Waals surface area (Å²) >= 11 is 0. The Labute approximate surface area is 137 Å². The van der Waals surface area contributed by atoms with Crippen LogP contribution in [0.3, 0.4) is 0 Å². The van der Waals surface area contributed by atoms with Crippen LogP contribution >= 0.6 is 0 Å². The van der Waals surface area contributed by atoms with Crippen molar-refractivity contribution in [2.24, 2.45) is 11.8 Å². The lowest BCUT2D eigenvalue weighted by Gasteiger charge is -2.06. The van der Waals surface area contributed by atoms with Crippen molar-refractivity contribution in [2.75, 3.05) is 0 Å². The van der Waals surface area contributed by atoms with Crippen LogP contribution < -0.4 is 0 Å². The van der Waals surface area contributed by atoms with Crippen LogP contribution in [0.4, 0.5) is 13.2 Å². The van der Waals surface area contributed by atoms with Crippen molar-refractivity contribution >= 4 is 0 Å². The van der Waals surface area contributed by atoms with Gasteiger partial charge >= 0.3 is 0 Å². The fourth-order valence-electron chi connectivity index (χ4n) is 2.24. The molecule has 0 aliphatic carbocycles. The fraction of sp³-hybridized carbons (Fsp3) is 0.400. The summed E-state index contributed by atoms with van der Waals surface area (Å²) < 4.78 is 38.9. The van der Waals surface area contributed by atoms with Gasteiger partial charge in [-0.1, -0.05) is 52.0 Å². The van der Waals surface area contributed by atoms with Gasteiger partial charge in [0.1, 0.15) is 17.5 Å². The summed E-state index contributed by atoms with van der Waals surface area (Å²) in [4.78, 5) is 0. The van der Waals surface area contributed by atoms with Gasteiger partial charge in [-0.05, 0) is 48.4 Å². The molecule has 0 fully saturated rings. The Morgan fingerprint density at radius 2 is 1.13 bits per heavy atom. The minimum absolute atomic E-state index is 0.0822. The van der Waals surface area contributed by atoms with Gasteiger partial charge in [0.05, 0.1) is 0 Å². The van der Waals surface area contributed by atoms with Gasteiger partial charge in [-0.15, -0.1) is 0 Å². The highest BCUT2D eigenvalue weighted by atomic mass is 19.1. The molecule has 0 N–H and O–H groups in total. The molecule has 2 aromatic carbocycles. The van der Waals surface area contributed by atoms with E-state index in [2.05, 4.69) is 13.8 Å². The van der Waals surface area contributed by atoms with Crippen LogP contribution in [0.1, 0.15) is 38.8 Å². The summed E-state index contributed by atoms with van der Waals surface area (Å²) in [7, 11) is 0. The topological polar surface area (TPSA) is 0 Å². The second kappa shape index (κ2) is 9.39. The molecule has 0 bridgehead atoms. The summed E-state index contributed by atoms with van der Waals surface area (Å²) in [5.74, 6) is -0.170. The van der Waals surface area contributed by atoms with Crippen molar-refractivity contribution in [3.8, 4) is 0 Å². The van der Waals surface area contributed by atoms with Crippen molar-refractivity contribution in [1.82, 2.24) is 0 Å². The van der Waals surface area contributed by atoms with E-state index in [0.717, 1.165) is 12.0 Å². The molecule has 0 heterocycles. The quantitative estimate of drug-likeness (QED) is 0.630. The number of benzene rings is 2. The molecule has 0 unspecified atom stereocenters. The molecule has 2 aromatic rings. The Morgan fingerprint density at radius 1 is 0.652 bits per heavy atom. The molecule has 0 radical (unpaired) electrons. The molecule has 0 amide bonds. The highest BCUT2D eigenvalue weighted by Gasteiger charge is 2.09. The number of rotatable bonds is 4. The molecule has 0 saturated carbocycles.